The van der Waals surface area contributed by atoms with Crippen LogP contribution in [0, 0.1) is 6.92 Å². The molecule has 0 fully saturated rings. The molecule has 0 radical (unpaired) electrons. The number of aromatic hydroxyl groups is 2. The standard InChI is InChI=1S/C24H20N2O3/c1-15-5-3-6-18(23(15)27)16-9-11-20(25-13-16)21-12-10-17(14-26-21)19-7-4-8-22(29-2)24(19)28/h3-14,27-28H,1-2H3. The maximum atomic E-state index is 10.3. The number of phenolic OH excluding ortho intramolecular Hbond substituents is 2. The lowest BCUT2D eigenvalue weighted by atomic mass is 10.0. The van der Waals surface area contributed by atoms with Gasteiger partial charge in [-0.15, -0.1) is 0 Å². The fourth-order valence-corrected chi connectivity index (χ4v) is 3.22. The highest BCUT2D eigenvalue weighted by molar-refractivity contribution is 5.75. The van der Waals surface area contributed by atoms with Crippen LogP contribution in [0.3, 0.4) is 0 Å². The van der Waals surface area contributed by atoms with Crippen LogP contribution in [0.5, 0.6) is 17.2 Å². The van der Waals surface area contributed by atoms with Crippen LogP contribution >= 0.6 is 0 Å². The van der Waals surface area contributed by atoms with Crippen LogP contribution in [-0.2, 0) is 0 Å². The maximum Gasteiger partial charge on any atom is 0.165 e. The van der Waals surface area contributed by atoms with Crippen LogP contribution in [-0.4, -0.2) is 27.3 Å². The Kier molecular flexibility index (Phi) is 4.87. The van der Waals surface area contributed by atoms with Crippen molar-refractivity contribution in [3.05, 3.63) is 78.6 Å². The predicted octanol–water partition coefficient (Wildman–Crippen LogP) is 5.21. The highest BCUT2D eigenvalue weighted by Gasteiger charge is 2.11. The molecular formula is C24H20N2O3. The zero-order valence-electron chi connectivity index (χ0n) is 16.1. The topological polar surface area (TPSA) is 75.5 Å². The molecule has 0 unspecified atom stereocenters. The smallest absolute Gasteiger partial charge is 0.165 e. The van der Waals surface area contributed by atoms with E-state index in [4.69, 9.17) is 4.74 Å². The number of nitrogens with zero attached hydrogens (tertiary/aromatic N) is 2. The number of para-hydroxylation sites is 2. The van der Waals surface area contributed by atoms with Crippen LogP contribution < -0.4 is 4.74 Å². The molecule has 144 valence electrons. The zero-order chi connectivity index (χ0) is 20.4. The Morgan fingerprint density at radius 2 is 1.24 bits per heavy atom. The third-order valence-corrected chi connectivity index (χ3v) is 4.87. The quantitative estimate of drug-likeness (QED) is 0.505. The lowest BCUT2D eigenvalue weighted by molar-refractivity contribution is 0.374. The molecule has 2 heterocycles. The van der Waals surface area contributed by atoms with Crippen LogP contribution in [0.25, 0.3) is 33.6 Å². The number of hydrogen-bond acceptors (Lipinski definition) is 5. The molecule has 2 N–H and O–H groups in total. The van der Waals surface area contributed by atoms with Crippen molar-refractivity contribution >= 4 is 0 Å². The van der Waals surface area contributed by atoms with Crippen molar-refractivity contribution < 1.29 is 14.9 Å². The molecule has 0 saturated heterocycles. The molecule has 5 nitrogen and oxygen atoms in total. The summed E-state index contributed by atoms with van der Waals surface area (Å²) in [5.74, 6) is 0.774. The molecular weight excluding hydrogens is 364 g/mol. The summed E-state index contributed by atoms with van der Waals surface area (Å²) < 4.78 is 5.17. The third kappa shape index (κ3) is 3.50. The molecule has 0 amide bonds. The van der Waals surface area contributed by atoms with Gasteiger partial charge in [-0.25, -0.2) is 0 Å². The van der Waals surface area contributed by atoms with Gasteiger partial charge in [0.1, 0.15) is 5.75 Å². The van der Waals surface area contributed by atoms with E-state index in [0.717, 1.165) is 33.6 Å². The van der Waals surface area contributed by atoms with E-state index in [9.17, 15) is 10.2 Å². The summed E-state index contributed by atoms with van der Waals surface area (Å²) in [7, 11) is 1.52. The van der Waals surface area contributed by atoms with Crippen molar-refractivity contribution in [3.8, 4) is 50.9 Å². The molecule has 0 aliphatic heterocycles. The zero-order valence-corrected chi connectivity index (χ0v) is 16.1. The SMILES string of the molecule is COc1cccc(-c2ccc(-c3ccc(-c4cccc(C)c4O)cn3)nc2)c1O. The van der Waals surface area contributed by atoms with E-state index in [1.807, 2.05) is 61.5 Å². The van der Waals surface area contributed by atoms with E-state index in [1.165, 1.54) is 7.11 Å². The number of ether oxygens (including phenoxy) is 1. The summed E-state index contributed by atoms with van der Waals surface area (Å²) in [5, 5.41) is 20.6. The molecule has 0 aliphatic carbocycles. The Morgan fingerprint density at radius 3 is 1.76 bits per heavy atom. The Hall–Kier alpha value is -3.86. The first-order valence-electron chi connectivity index (χ1n) is 9.16. The number of hydrogen-bond donors (Lipinski definition) is 2. The summed E-state index contributed by atoms with van der Waals surface area (Å²) in [6.07, 6.45) is 3.43. The van der Waals surface area contributed by atoms with Gasteiger partial charge in [-0.1, -0.05) is 42.5 Å². The number of phenols is 2. The van der Waals surface area contributed by atoms with Gasteiger partial charge in [-0.05, 0) is 30.7 Å². The minimum atomic E-state index is 0.0880. The molecule has 4 rings (SSSR count). The molecule has 0 bridgehead atoms. The average molecular weight is 384 g/mol. The summed E-state index contributed by atoms with van der Waals surface area (Å²) in [6.45, 7) is 1.87. The van der Waals surface area contributed by atoms with E-state index < -0.39 is 0 Å². The Labute approximate surface area is 168 Å². The molecule has 2 aromatic heterocycles. The lowest BCUT2D eigenvalue weighted by Gasteiger charge is -2.10. The van der Waals surface area contributed by atoms with Crippen molar-refractivity contribution in [2.24, 2.45) is 0 Å². The van der Waals surface area contributed by atoms with Gasteiger partial charge in [0.05, 0.1) is 18.5 Å². The fourth-order valence-electron chi connectivity index (χ4n) is 3.22. The van der Waals surface area contributed by atoms with Crippen LogP contribution in [0.4, 0.5) is 0 Å². The van der Waals surface area contributed by atoms with Crippen molar-refractivity contribution in [1.82, 2.24) is 9.97 Å². The maximum absolute atomic E-state index is 10.3. The first-order valence-corrected chi connectivity index (χ1v) is 9.16. The summed E-state index contributed by atoms with van der Waals surface area (Å²) >= 11 is 0. The van der Waals surface area contributed by atoms with E-state index >= 15 is 0 Å². The average Bonchev–Trinajstić information content (AvgIpc) is 2.76. The monoisotopic (exact) mass is 384 g/mol. The normalized spacial score (nSPS) is 10.7. The lowest BCUT2D eigenvalue weighted by Crippen LogP contribution is -1.90. The van der Waals surface area contributed by atoms with Crippen LogP contribution in [0.2, 0.25) is 0 Å². The van der Waals surface area contributed by atoms with E-state index in [2.05, 4.69) is 9.97 Å². The molecule has 4 aromatic rings. The van der Waals surface area contributed by atoms with Gasteiger partial charge >= 0.3 is 0 Å². The molecule has 0 saturated carbocycles. The van der Waals surface area contributed by atoms with Gasteiger partial charge in [0.25, 0.3) is 0 Å². The van der Waals surface area contributed by atoms with Gasteiger partial charge in [0, 0.05) is 34.6 Å². The molecule has 0 atom stereocenters. The van der Waals surface area contributed by atoms with Gasteiger partial charge < -0.3 is 14.9 Å². The van der Waals surface area contributed by atoms with E-state index in [0.29, 0.717) is 11.3 Å². The first-order chi connectivity index (χ1) is 14.1. The van der Waals surface area contributed by atoms with Crippen molar-refractivity contribution in [2.75, 3.05) is 7.11 Å². The molecule has 0 spiro atoms. The summed E-state index contributed by atoms with van der Waals surface area (Å²) in [4.78, 5) is 8.99. The second-order valence-electron chi connectivity index (χ2n) is 6.69. The molecule has 29 heavy (non-hydrogen) atoms. The molecule has 5 heteroatoms. The highest BCUT2D eigenvalue weighted by atomic mass is 16.5. The minimum Gasteiger partial charge on any atom is -0.507 e. The van der Waals surface area contributed by atoms with E-state index in [-0.39, 0.29) is 11.5 Å². The fraction of sp³-hybridized carbons (Fsp3) is 0.0833. The first kappa shape index (κ1) is 18.5. The van der Waals surface area contributed by atoms with Crippen LogP contribution in [0.1, 0.15) is 5.56 Å². The number of methoxy groups -OCH3 is 1. The van der Waals surface area contributed by atoms with Crippen molar-refractivity contribution in [3.63, 3.8) is 0 Å². The Bertz CT molecular complexity index is 1150. The second kappa shape index (κ2) is 7.64. The number of aryl methyl sites for hydroxylation is 1. The predicted molar refractivity (Wildman–Crippen MR) is 113 cm³/mol. The van der Waals surface area contributed by atoms with Crippen LogP contribution in [0.15, 0.2) is 73.1 Å². The summed E-state index contributed by atoms with van der Waals surface area (Å²) in [6, 6.07) is 18.5. The largest absolute Gasteiger partial charge is 0.507 e. The Balaban J connectivity index is 1.62. The summed E-state index contributed by atoms with van der Waals surface area (Å²) in [5.41, 5.74) is 5.30. The van der Waals surface area contributed by atoms with Crippen molar-refractivity contribution in [2.45, 2.75) is 6.92 Å². The number of rotatable bonds is 4. The minimum absolute atomic E-state index is 0.0880. The van der Waals surface area contributed by atoms with Gasteiger partial charge in [-0.2, -0.15) is 0 Å². The van der Waals surface area contributed by atoms with Crippen molar-refractivity contribution in [1.29, 1.82) is 0 Å². The number of aromatic nitrogens is 2. The van der Waals surface area contributed by atoms with Gasteiger partial charge in [-0.3, -0.25) is 9.97 Å². The number of pyridine rings is 2. The third-order valence-electron chi connectivity index (χ3n) is 4.87. The Morgan fingerprint density at radius 1 is 0.690 bits per heavy atom. The second-order valence-corrected chi connectivity index (χ2v) is 6.69. The van der Waals surface area contributed by atoms with Gasteiger partial charge in [0.15, 0.2) is 11.5 Å². The van der Waals surface area contributed by atoms with Gasteiger partial charge in [0.2, 0.25) is 0 Å². The molecule has 2 aromatic carbocycles. The van der Waals surface area contributed by atoms with E-state index in [1.54, 1.807) is 18.5 Å². The molecule has 0 aliphatic rings. The highest BCUT2D eigenvalue weighted by Crippen LogP contribution is 2.37. The number of benzene rings is 2.